The number of ether oxygens (including phenoxy) is 3. The van der Waals surface area contributed by atoms with Gasteiger partial charge in [0.15, 0.2) is 11.5 Å². The highest BCUT2D eigenvalue weighted by atomic mass is 16.7. The summed E-state index contributed by atoms with van der Waals surface area (Å²) in [7, 11) is 1.50. The number of nitrogens with one attached hydrogen (secondary N) is 1. The molecule has 1 spiro atoms. The summed E-state index contributed by atoms with van der Waals surface area (Å²) < 4.78 is 17.1. The van der Waals surface area contributed by atoms with E-state index in [4.69, 9.17) is 14.2 Å². The highest BCUT2D eigenvalue weighted by Crippen LogP contribution is 2.46. The maximum Gasteiger partial charge on any atom is 0.259 e. The van der Waals surface area contributed by atoms with Crippen molar-refractivity contribution in [2.24, 2.45) is 0 Å². The van der Waals surface area contributed by atoms with Crippen molar-refractivity contribution in [3.8, 4) is 23.0 Å². The second kappa shape index (κ2) is 6.44. The standard InChI is InChI=1S/C20H21NO5/c1-24-14-6-7-15(16(22)12-14)19(23)21-13-5-8-17-18(11-13)26-20(25-17)9-3-2-4-10-20/h5-8,11-12,22H,2-4,9-10H2,1H3,(H,21,23). The molecule has 26 heavy (non-hydrogen) atoms. The fourth-order valence-corrected chi connectivity index (χ4v) is 3.49. The van der Waals surface area contributed by atoms with Gasteiger partial charge in [0.05, 0.1) is 12.7 Å². The van der Waals surface area contributed by atoms with E-state index >= 15 is 0 Å². The van der Waals surface area contributed by atoms with Crippen LogP contribution in [0.25, 0.3) is 0 Å². The number of carbonyl (C=O) groups is 1. The molecule has 0 radical (unpaired) electrons. The van der Waals surface area contributed by atoms with E-state index in [1.54, 1.807) is 18.2 Å². The zero-order chi connectivity index (χ0) is 18.1. The topological polar surface area (TPSA) is 77.0 Å². The van der Waals surface area contributed by atoms with Crippen molar-refractivity contribution in [1.82, 2.24) is 0 Å². The van der Waals surface area contributed by atoms with Gasteiger partial charge < -0.3 is 24.6 Å². The number of benzene rings is 2. The van der Waals surface area contributed by atoms with Crippen molar-refractivity contribution < 1.29 is 24.1 Å². The predicted octanol–water partition coefficient (Wildman–Crippen LogP) is 4.08. The summed E-state index contributed by atoms with van der Waals surface area (Å²) in [5, 5.41) is 12.8. The van der Waals surface area contributed by atoms with E-state index in [0.717, 1.165) is 25.7 Å². The van der Waals surface area contributed by atoms with Gasteiger partial charge in [-0.1, -0.05) is 6.42 Å². The first-order valence-electron chi connectivity index (χ1n) is 8.79. The molecule has 2 aromatic carbocycles. The van der Waals surface area contributed by atoms with E-state index in [1.165, 1.54) is 25.7 Å². The van der Waals surface area contributed by atoms with Gasteiger partial charge in [-0.3, -0.25) is 4.79 Å². The number of amides is 1. The Morgan fingerprint density at radius 1 is 1.08 bits per heavy atom. The zero-order valence-electron chi connectivity index (χ0n) is 14.6. The number of fused-ring (bicyclic) bond motifs is 1. The third-order valence-corrected chi connectivity index (χ3v) is 4.86. The lowest BCUT2D eigenvalue weighted by molar-refractivity contribution is -0.105. The Hall–Kier alpha value is -2.89. The van der Waals surface area contributed by atoms with Crippen LogP contribution < -0.4 is 19.5 Å². The van der Waals surface area contributed by atoms with Gasteiger partial charge in [0.25, 0.3) is 11.7 Å². The molecule has 4 rings (SSSR count). The van der Waals surface area contributed by atoms with Gasteiger partial charge in [0.1, 0.15) is 11.5 Å². The highest BCUT2D eigenvalue weighted by Gasteiger charge is 2.42. The number of hydrogen-bond donors (Lipinski definition) is 2. The molecule has 0 unspecified atom stereocenters. The SMILES string of the molecule is COc1ccc(C(=O)Nc2ccc3c(c2)OC2(CCCCC2)O3)c(O)c1. The summed E-state index contributed by atoms with van der Waals surface area (Å²) in [5.74, 6) is 0.748. The maximum atomic E-state index is 12.4. The van der Waals surface area contributed by atoms with Crippen molar-refractivity contribution in [2.45, 2.75) is 37.9 Å². The van der Waals surface area contributed by atoms with Gasteiger partial charge >= 0.3 is 0 Å². The lowest BCUT2D eigenvalue weighted by Crippen LogP contribution is -2.40. The Bertz CT molecular complexity index is 842. The highest BCUT2D eigenvalue weighted by molar-refractivity contribution is 6.06. The molecule has 1 aliphatic heterocycles. The van der Waals surface area contributed by atoms with E-state index in [0.29, 0.717) is 22.9 Å². The number of rotatable bonds is 3. The Labute approximate surface area is 151 Å². The fraction of sp³-hybridized carbons (Fsp3) is 0.350. The van der Waals surface area contributed by atoms with Crippen LogP contribution in [0.3, 0.4) is 0 Å². The van der Waals surface area contributed by atoms with Gasteiger partial charge in [-0.25, -0.2) is 0 Å². The Balaban J connectivity index is 1.50. The van der Waals surface area contributed by atoms with Crippen LogP contribution in [-0.2, 0) is 0 Å². The summed E-state index contributed by atoms with van der Waals surface area (Å²) in [5.41, 5.74) is 0.757. The van der Waals surface area contributed by atoms with E-state index in [-0.39, 0.29) is 11.3 Å². The van der Waals surface area contributed by atoms with Gasteiger partial charge in [0.2, 0.25) is 0 Å². The Kier molecular flexibility index (Phi) is 4.11. The smallest absolute Gasteiger partial charge is 0.259 e. The molecule has 0 saturated heterocycles. The molecule has 1 saturated carbocycles. The minimum absolute atomic E-state index is 0.135. The Morgan fingerprint density at radius 2 is 1.85 bits per heavy atom. The first-order chi connectivity index (χ1) is 12.6. The quantitative estimate of drug-likeness (QED) is 0.867. The summed E-state index contributed by atoms with van der Waals surface area (Å²) in [6.45, 7) is 0. The van der Waals surface area contributed by atoms with Crippen LogP contribution in [0.5, 0.6) is 23.0 Å². The van der Waals surface area contributed by atoms with Crippen LogP contribution in [-0.4, -0.2) is 23.9 Å². The third-order valence-electron chi connectivity index (χ3n) is 4.86. The molecule has 6 heteroatoms. The number of aromatic hydroxyl groups is 1. The molecule has 136 valence electrons. The van der Waals surface area contributed by atoms with Crippen LogP contribution in [0.1, 0.15) is 42.5 Å². The van der Waals surface area contributed by atoms with Crippen molar-refractivity contribution in [2.75, 3.05) is 12.4 Å². The van der Waals surface area contributed by atoms with Crippen LogP contribution in [0.15, 0.2) is 36.4 Å². The molecule has 0 aromatic heterocycles. The molecule has 2 aliphatic rings. The van der Waals surface area contributed by atoms with Crippen LogP contribution in [0.4, 0.5) is 5.69 Å². The molecule has 6 nitrogen and oxygen atoms in total. The average molecular weight is 355 g/mol. The van der Waals surface area contributed by atoms with Crippen LogP contribution >= 0.6 is 0 Å². The number of phenols is 1. The molecule has 1 aliphatic carbocycles. The van der Waals surface area contributed by atoms with Crippen LogP contribution in [0, 0.1) is 0 Å². The monoisotopic (exact) mass is 355 g/mol. The largest absolute Gasteiger partial charge is 0.507 e. The molecule has 1 heterocycles. The number of carbonyl (C=O) groups excluding carboxylic acids is 1. The molecule has 0 bridgehead atoms. The summed E-state index contributed by atoms with van der Waals surface area (Å²) >= 11 is 0. The first kappa shape index (κ1) is 16.6. The number of phenolic OH excluding ortho intramolecular Hbond substituents is 1. The normalized spacial score (nSPS) is 17.1. The summed E-state index contributed by atoms with van der Waals surface area (Å²) in [4.78, 5) is 12.4. The van der Waals surface area contributed by atoms with Crippen molar-refractivity contribution in [3.05, 3.63) is 42.0 Å². The molecule has 1 amide bonds. The predicted molar refractivity (Wildman–Crippen MR) is 96.1 cm³/mol. The second-order valence-corrected chi connectivity index (χ2v) is 6.67. The second-order valence-electron chi connectivity index (χ2n) is 6.67. The number of hydrogen-bond acceptors (Lipinski definition) is 5. The van der Waals surface area contributed by atoms with Crippen molar-refractivity contribution in [1.29, 1.82) is 0 Å². The van der Waals surface area contributed by atoms with E-state index in [1.807, 2.05) is 6.07 Å². The van der Waals surface area contributed by atoms with Gasteiger partial charge in [0, 0.05) is 30.7 Å². The minimum Gasteiger partial charge on any atom is -0.507 e. The lowest BCUT2D eigenvalue weighted by Gasteiger charge is -2.31. The van der Waals surface area contributed by atoms with Crippen molar-refractivity contribution in [3.63, 3.8) is 0 Å². The lowest BCUT2D eigenvalue weighted by atomic mass is 9.94. The van der Waals surface area contributed by atoms with Crippen LogP contribution in [0.2, 0.25) is 0 Å². The van der Waals surface area contributed by atoms with Gasteiger partial charge in [-0.05, 0) is 37.1 Å². The minimum atomic E-state index is -0.544. The number of methoxy groups -OCH3 is 1. The molecule has 2 N–H and O–H groups in total. The zero-order valence-corrected chi connectivity index (χ0v) is 14.6. The summed E-state index contributed by atoms with van der Waals surface area (Å²) in [6.07, 6.45) is 5.15. The molecular formula is C20H21NO5. The number of anilines is 1. The van der Waals surface area contributed by atoms with Gasteiger partial charge in [-0.2, -0.15) is 0 Å². The van der Waals surface area contributed by atoms with Crippen molar-refractivity contribution >= 4 is 11.6 Å². The Morgan fingerprint density at radius 3 is 2.58 bits per heavy atom. The molecule has 2 aromatic rings. The fourth-order valence-electron chi connectivity index (χ4n) is 3.49. The van der Waals surface area contributed by atoms with E-state index < -0.39 is 11.7 Å². The molecule has 0 atom stereocenters. The maximum absolute atomic E-state index is 12.4. The van der Waals surface area contributed by atoms with E-state index in [9.17, 15) is 9.90 Å². The summed E-state index contributed by atoms with van der Waals surface area (Å²) in [6, 6.07) is 9.89. The molecular weight excluding hydrogens is 334 g/mol. The van der Waals surface area contributed by atoms with E-state index in [2.05, 4.69) is 5.32 Å². The first-order valence-corrected chi connectivity index (χ1v) is 8.79. The van der Waals surface area contributed by atoms with Gasteiger partial charge in [-0.15, -0.1) is 0 Å². The third kappa shape index (κ3) is 3.03. The average Bonchev–Trinajstić information content (AvgIpc) is 2.98. The molecule has 1 fully saturated rings.